The number of nitrogens with zero attached hydrogens (tertiary/aromatic N) is 1. The highest BCUT2D eigenvalue weighted by Gasteiger charge is 2.23. The van der Waals surface area contributed by atoms with Gasteiger partial charge in [0.05, 0.1) is 10.0 Å². The molecule has 0 saturated carbocycles. The molecule has 0 unspecified atom stereocenters. The fourth-order valence-electron chi connectivity index (χ4n) is 1.99. The van der Waals surface area contributed by atoms with Crippen molar-refractivity contribution in [3.05, 3.63) is 54.3 Å². The largest absolute Gasteiger partial charge is 0.477 e. The zero-order chi connectivity index (χ0) is 15.9. The van der Waals surface area contributed by atoms with Crippen LogP contribution in [0.5, 0.6) is 0 Å². The Morgan fingerprint density at radius 1 is 1.29 bits per heavy atom. The Labute approximate surface area is 139 Å². The summed E-state index contributed by atoms with van der Waals surface area (Å²) in [6, 6.07) is 4.72. The number of carboxylic acid groups (broad SMARTS) is 1. The molecule has 0 aliphatic heterocycles. The number of hydrogen-bond donors (Lipinski definition) is 1. The Morgan fingerprint density at radius 2 is 1.90 bits per heavy atom. The molecule has 1 N–H and O–H groups in total. The van der Waals surface area contributed by atoms with Crippen molar-refractivity contribution in [2.75, 3.05) is 0 Å². The molecule has 1 aromatic heterocycles. The summed E-state index contributed by atoms with van der Waals surface area (Å²) in [5, 5.41) is 10.0. The second-order valence-corrected chi connectivity index (χ2v) is 6.06. The molecule has 0 fully saturated rings. The highest BCUT2D eigenvalue weighted by molar-refractivity contribution is 9.10. The van der Waals surface area contributed by atoms with Gasteiger partial charge in [-0.1, -0.05) is 29.3 Å². The fourth-order valence-corrected chi connectivity index (χ4v) is 2.98. The molecule has 4 nitrogen and oxygen atoms in total. The minimum Gasteiger partial charge on any atom is -0.477 e. The Hall–Kier alpha value is -1.30. The molecule has 1 heterocycles. The van der Waals surface area contributed by atoms with Gasteiger partial charge in [-0.2, -0.15) is 0 Å². The van der Waals surface area contributed by atoms with Crippen LogP contribution < -0.4 is 5.56 Å². The van der Waals surface area contributed by atoms with Crippen molar-refractivity contribution in [3.8, 4) is 11.1 Å². The molecule has 0 atom stereocenters. The molecule has 7 heteroatoms. The van der Waals surface area contributed by atoms with Gasteiger partial charge in [-0.3, -0.25) is 4.79 Å². The maximum atomic E-state index is 12.2. The predicted octanol–water partition coefficient (Wildman–Crippen LogP) is 4.13. The van der Waals surface area contributed by atoms with E-state index in [4.69, 9.17) is 23.2 Å². The van der Waals surface area contributed by atoms with Crippen molar-refractivity contribution in [3.63, 3.8) is 0 Å². The first-order valence-corrected chi connectivity index (χ1v) is 7.38. The minimum absolute atomic E-state index is 0.288. The van der Waals surface area contributed by atoms with Gasteiger partial charge in [0, 0.05) is 22.8 Å². The van der Waals surface area contributed by atoms with E-state index in [2.05, 4.69) is 15.9 Å². The summed E-state index contributed by atoms with van der Waals surface area (Å²) >= 11 is 15.2. The molecule has 0 aliphatic carbocycles. The Kier molecular flexibility index (Phi) is 4.46. The van der Waals surface area contributed by atoms with E-state index >= 15 is 0 Å². The number of carbonyl (C=O) groups is 1. The third-order valence-electron chi connectivity index (χ3n) is 3.23. The lowest BCUT2D eigenvalue weighted by Crippen LogP contribution is -2.27. The number of aromatic carboxylic acids is 1. The van der Waals surface area contributed by atoms with E-state index in [9.17, 15) is 14.7 Å². The van der Waals surface area contributed by atoms with Crippen LogP contribution in [0, 0.1) is 6.92 Å². The van der Waals surface area contributed by atoms with Crippen LogP contribution in [0.3, 0.4) is 0 Å². The van der Waals surface area contributed by atoms with E-state index in [0.717, 1.165) is 0 Å². The molecule has 21 heavy (non-hydrogen) atoms. The van der Waals surface area contributed by atoms with Crippen LogP contribution in [0.25, 0.3) is 11.1 Å². The summed E-state index contributed by atoms with van der Waals surface area (Å²) in [5.41, 5.74) is 0.528. The Balaban J connectivity index is 2.94. The summed E-state index contributed by atoms with van der Waals surface area (Å²) in [5.74, 6) is -1.29. The topological polar surface area (TPSA) is 59.3 Å². The van der Waals surface area contributed by atoms with Crippen LogP contribution in [0.1, 0.15) is 16.1 Å². The zero-order valence-electron chi connectivity index (χ0n) is 11.1. The van der Waals surface area contributed by atoms with Crippen LogP contribution in [0.15, 0.2) is 27.5 Å². The third kappa shape index (κ3) is 2.73. The number of pyridine rings is 1. The molecule has 0 amide bonds. The SMILES string of the molecule is Cc1c(Br)c(-c2ccc(Cl)c(Cl)c2)c(C(=O)O)c(=O)n1C. The molecule has 0 aliphatic rings. The summed E-state index contributed by atoms with van der Waals surface area (Å²) in [7, 11) is 1.52. The van der Waals surface area contributed by atoms with Crippen LogP contribution in [-0.2, 0) is 7.05 Å². The number of rotatable bonds is 2. The van der Waals surface area contributed by atoms with E-state index in [1.165, 1.54) is 17.7 Å². The molecule has 0 saturated heterocycles. The number of benzene rings is 1. The van der Waals surface area contributed by atoms with E-state index < -0.39 is 11.5 Å². The molecule has 0 radical (unpaired) electrons. The number of carboxylic acids is 1. The molecule has 0 bridgehead atoms. The van der Waals surface area contributed by atoms with Gasteiger partial charge >= 0.3 is 5.97 Å². The molecular formula is C14H10BrCl2NO3. The second-order valence-electron chi connectivity index (χ2n) is 4.45. The molecule has 0 spiro atoms. The van der Waals surface area contributed by atoms with Crippen LogP contribution in [0.2, 0.25) is 10.0 Å². The van der Waals surface area contributed by atoms with Crippen molar-refractivity contribution in [1.29, 1.82) is 0 Å². The maximum Gasteiger partial charge on any atom is 0.342 e. The van der Waals surface area contributed by atoms with Crippen molar-refractivity contribution in [2.45, 2.75) is 6.92 Å². The van der Waals surface area contributed by atoms with Gasteiger partial charge in [0.25, 0.3) is 5.56 Å². The third-order valence-corrected chi connectivity index (χ3v) is 4.94. The lowest BCUT2D eigenvalue weighted by Gasteiger charge is -2.15. The lowest BCUT2D eigenvalue weighted by molar-refractivity contribution is 0.0695. The average Bonchev–Trinajstić information content (AvgIpc) is 2.43. The average molecular weight is 391 g/mol. The van der Waals surface area contributed by atoms with Gasteiger partial charge in [0.15, 0.2) is 0 Å². The second kappa shape index (κ2) is 5.83. The normalized spacial score (nSPS) is 10.7. The van der Waals surface area contributed by atoms with Crippen LogP contribution in [-0.4, -0.2) is 15.6 Å². The molecule has 1 aromatic carbocycles. The van der Waals surface area contributed by atoms with Crippen molar-refractivity contribution in [2.24, 2.45) is 7.05 Å². The predicted molar refractivity (Wildman–Crippen MR) is 86.5 cm³/mol. The van der Waals surface area contributed by atoms with Gasteiger partial charge < -0.3 is 9.67 Å². The van der Waals surface area contributed by atoms with Crippen molar-refractivity contribution < 1.29 is 9.90 Å². The summed E-state index contributed by atoms with van der Waals surface area (Å²) < 4.78 is 1.81. The van der Waals surface area contributed by atoms with E-state index in [0.29, 0.717) is 26.3 Å². The van der Waals surface area contributed by atoms with E-state index in [1.54, 1.807) is 19.1 Å². The van der Waals surface area contributed by atoms with Gasteiger partial charge in [0.1, 0.15) is 5.56 Å². The molecular weight excluding hydrogens is 381 g/mol. The Morgan fingerprint density at radius 3 is 2.43 bits per heavy atom. The summed E-state index contributed by atoms with van der Waals surface area (Å²) in [4.78, 5) is 23.7. The smallest absolute Gasteiger partial charge is 0.342 e. The minimum atomic E-state index is -1.29. The number of aromatic nitrogens is 1. The lowest BCUT2D eigenvalue weighted by atomic mass is 10.00. The standard InChI is InChI=1S/C14H10BrCl2NO3/c1-6-12(15)10(7-3-4-8(16)9(17)5-7)11(14(20)21)13(19)18(6)2/h3-5H,1-2H3,(H,20,21). The van der Waals surface area contributed by atoms with Crippen molar-refractivity contribution in [1.82, 2.24) is 4.57 Å². The first-order valence-electron chi connectivity index (χ1n) is 5.83. The van der Waals surface area contributed by atoms with Gasteiger partial charge in [-0.15, -0.1) is 0 Å². The molecule has 2 rings (SSSR count). The van der Waals surface area contributed by atoms with Gasteiger partial charge in [-0.05, 0) is 40.5 Å². The molecule has 2 aromatic rings. The number of halogens is 3. The quantitative estimate of drug-likeness (QED) is 0.838. The fraction of sp³-hybridized carbons (Fsp3) is 0.143. The van der Waals surface area contributed by atoms with Crippen LogP contribution in [0.4, 0.5) is 0 Å². The van der Waals surface area contributed by atoms with Gasteiger partial charge in [-0.25, -0.2) is 4.79 Å². The number of hydrogen-bond acceptors (Lipinski definition) is 2. The highest BCUT2D eigenvalue weighted by Crippen LogP contribution is 2.35. The van der Waals surface area contributed by atoms with Crippen LogP contribution >= 0.6 is 39.1 Å². The Bertz CT molecular complexity index is 815. The molecule has 110 valence electrons. The summed E-state index contributed by atoms with van der Waals surface area (Å²) in [6.45, 7) is 1.72. The van der Waals surface area contributed by atoms with E-state index in [-0.39, 0.29) is 10.6 Å². The monoisotopic (exact) mass is 389 g/mol. The van der Waals surface area contributed by atoms with Crippen molar-refractivity contribution >= 4 is 45.1 Å². The highest BCUT2D eigenvalue weighted by atomic mass is 79.9. The zero-order valence-corrected chi connectivity index (χ0v) is 14.2. The summed E-state index contributed by atoms with van der Waals surface area (Å²) in [6.07, 6.45) is 0. The van der Waals surface area contributed by atoms with E-state index in [1.807, 2.05) is 0 Å². The maximum absolute atomic E-state index is 12.2. The first-order chi connectivity index (χ1) is 9.75. The van der Waals surface area contributed by atoms with Gasteiger partial charge in [0.2, 0.25) is 0 Å². The first kappa shape index (κ1) is 16.1.